The predicted octanol–water partition coefficient (Wildman–Crippen LogP) is 2.43. The number of hydrogen-bond donors (Lipinski definition) is 1. The first-order valence-electron chi connectivity index (χ1n) is 7.13. The fraction of sp³-hybridized carbons (Fsp3) is 0.667. The highest BCUT2D eigenvalue weighted by Crippen LogP contribution is 2.24. The van der Waals surface area contributed by atoms with Gasteiger partial charge in [-0.05, 0) is 51.4 Å². The van der Waals surface area contributed by atoms with Gasteiger partial charge in [-0.2, -0.15) is 0 Å². The van der Waals surface area contributed by atoms with Crippen LogP contribution < -0.4 is 5.32 Å². The van der Waals surface area contributed by atoms with E-state index in [-0.39, 0.29) is 0 Å². The number of rotatable bonds is 6. The Hall–Kier alpha value is -0.930. The Morgan fingerprint density at radius 1 is 1.39 bits per heavy atom. The zero-order valence-corrected chi connectivity index (χ0v) is 11.6. The molecule has 1 fully saturated rings. The average Bonchev–Trinajstić information content (AvgIpc) is 2.86. The van der Waals surface area contributed by atoms with Gasteiger partial charge in [-0.15, -0.1) is 0 Å². The fourth-order valence-corrected chi connectivity index (χ4v) is 2.77. The molecule has 1 N–H and O–H groups in total. The standard InChI is InChI=1S/C15H25N3/c1-3-9-16-13-7-8-15(11-13)18(2)12-14-6-4-5-10-17-14/h4-6,10,13,15-16H,3,7-9,11-12H2,1-2H3. The van der Waals surface area contributed by atoms with Crippen LogP contribution in [0.4, 0.5) is 0 Å². The Bertz CT molecular complexity index is 339. The number of pyridine rings is 1. The van der Waals surface area contributed by atoms with E-state index in [1.54, 1.807) is 0 Å². The van der Waals surface area contributed by atoms with Crippen molar-refractivity contribution in [2.45, 2.75) is 51.2 Å². The number of nitrogens with one attached hydrogen (secondary N) is 1. The van der Waals surface area contributed by atoms with Crippen LogP contribution in [0.3, 0.4) is 0 Å². The predicted molar refractivity (Wildman–Crippen MR) is 75.4 cm³/mol. The maximum Gasteiger partial charge on any atom is 0.0543 e. The molecule has 3 heteroatoms. The number of aromatic nitrogens is 1. The summed E-state index contributed by atoms with van der Waals surface area (Å²) in [5, 5.41) is 3.64. The third kappa shape index (κ3) is 3.79. The molecule has 2 unspecified atom stereocenters. The molecule has 0 radical (unpaired) electrons. The summed E-state index contributed by atoms with van der Waals surface area (Å²) in [5.74, 6) is 0. The van der Waals surface area contributed by atoms with E-state index in [1.807, 2.05) is 12.3 Å². The van der Waals surface area contributed by atoms with Gasteiger partial charge in [0.1, 0.15) is 0 Å². The van der Waals surface area contributed by atoms with Crippen molar-refractivity contribution in [3.05, 3.63) is 30.1 Å². The molecule has 0 saturated heterocycles. The molecular weight excluding hydrogens is 222 g/mol. The first-order valence-corrected chi connectivity index (χ1v) is 7.13. The third-order valence-corrected chi connectivity index (χ3v) is 3.85. The van der Waals surface area contributed by atoms with Crippen LogP contribution in [-0.4, -0.2) is 35.6 Å². The molecule has 1 aromatic rings. The maximum atomic E-state index is 4.40. The highest BCUT2D eigenvalue weighted by Gasteiger charge is 2.26. The smallest absolute Gasteiger partial charge is 0.0543 e. The van der Waals surface area contributed by atoms with Gasteiger partial charge in [0.25, 0.3) is 0 Å². The Kier molecular flexibility index (Phi) is 5.14. The summed E-state index contributed by atoms with van der Waals surface area (Å²) in [6, 6.07) is 7.58. The molecule has 2 rings (SSSR count). The summed E-state index contributed by atoms with van der Waals surface area (Å²) >= 11 is 0. The molecule has 0 aromatic carbocycles. The Morgan fingerprint density at radius 3 is 3.00 bits per heavy atom. The lowest BCUT2D eigenvalue weighted by Gasteiger charge is -2.24. The van der Waals surface area contributed by atoms with Crippen molar-refractivity contribution < 1.29 is 0 Å². The van der Waals surface area contributed by atoms with Crippen LogP contribution in [0.15, 0.2) is 24.4 Å². The van der Waals surface area contributed by atoms with Crippen molar-refractivity contribution in [3.63, 3.8) is 0 Å². The molecule has 3 nitrogen and oxygen atoms in total. The van der Waals surface area contributed by atoms with Gasteiger partial charge in [-0.3, -0.25) is 9.88 Å². The molecule has 0 bridgehead atoms. The Labute approximate surface area is 111 Å². The molecule has 100 valence electrons. The quantitative estimate of drug-likeness (QED) is 0.837. The first-order chi connectivity index (χ1) is 8.79. The van der Waals surface area contributed by atoms with E-state index < -0.39 is 0 Å². The minimum atomic E-state index is 0.710. The highest BCUT2D eigenvalue weighted by atomic mass is 15.1. The lowest BCUT2D eigenvalue weighted by atomic mass is 10.2. The molecule has 0 amide bonds. The van der Waals surface area contributed by atoms with E-state index in [0.29, 0.717) is 6.04 Å². The first kappa shape index (κ1) is 13.5. The van der Waals surface area contributed by atoms with Crippen molar-refractivity contribution >= 4 is 0 Å². The zero-order chi connectivity index (χ0) is 12.8. The van der Waals surface area contributed by atoms with E-state index in [2.05, 4.69) is 41.3 Å². The van der Waals surface area contributed by atoms with E-state index in [0.717, 1.165) is 19.1 Å². The van der Waals surface area contributed by atoms with Gasteiger partial charge in [0, 0.05) is 24.8 Å². The molecule has 0 spiro atoms. The average molecular weight is 247 g/mol. The molecule has 1 aliphatic rings. The molecule has 2 atom stereocenters. The topological polar surface area (TPSA) is 28.2 Å². The van der Waals surface area contributed by atoms with E-state index in [4.69, 9.17) is 0 Å². The van der Waals surface area contributed by atoms with Crippen molar-refractivity contribution in [2.75, 3.05) is 13.6 Å². The molecule has 1 heterocycles. The molecular formula is C15H25N3. The van der Waals surface area contributed by atoms with Crippen LogP contribution in [0.2, 0.25) is 0 Å². The monoisotopic (exact) mass is 247 g/mol. The molecule has 0 aliphatic heterocycles. The fourth-order valence-electron chi connectivity index (χ4n) is 2.77. The van der Waals surface area contributed by atoms with Crippen molar-refractivity contribution in [2.24, 2.45) is 0 Å². The van der Waals surface area contributed by atoms with Gasteiger partial charge in [0.05, 0.1) is 5.69 Å². The SMILES string of the molecule is CCCNC1CCC(N(C)Cc2ccccn2)C1. The Morgan fingerprint density at radius 2 is 2.28 bits per heavy atom. The minimum absolute atomic E-state index is 0.710. The largest absolute Gasteiger partial charge is 0.314 e. The third-order valence-electron chi connectivity index (χ3n) is 3.85. The van der Waals surface area contributed by atoms with Crippen molar-refractivity contribution in [3.8, 4) is 0 Å². The molecule has 1 aliphatic carbocycles. The Balaban J connectivity index is 1.78. The van der Waals surface area contributed by atoms with E-state index in [9.17, 15) is 0 Å². The van der Waals surface area contributed by atoms with Gasteiger partial charge >= 0.3 is 0 Å². The maximum absolute atomic E-state index is 4.40. The van der Waals surface area contributed by atoms with Gasteiger partial charge in [-0.25, -0.2) is 0 Å². The normalized spacial score (nSPS) is 23.7. The summed E-state index contributed by atoms with van der Waals surface area (Å²) in [7, 11) is 2.22. The zero-order valence-electron chi connectivity index (χ0n) is 11.6. The van der Waals surface area contributed by atoms with Crippen LogP contribution in [0.25, 0.3) is 0 Å². The minimum Gasteiger partial charge on any atom is -0.314 e. The van der Waals surface area contributed by atoms with Crippen LogP contribution in [0.5, 0.6) is 0 Å². The molecule has 18 heavy (non-hydrogen) atoms. The summed E-state index contributed by atoms with van der Waals surface area (Å²) < 4.78 is 0. The second-order valence-corrected chi connectivity index (χ2v) is 5.35. The summed E-state index contributed by atoms with van der Waals surface area (Å²) in [6.45, 7) is 4.35. The lowest BCUT2D eigenvalue weighted by molar-refractivity contribution is 0.231. The summed E-state index contributed by atoms with van der Waals surface area (Å²) in [5.41, 5.74) is 1.17. The second kappa shape index (κ2) is 6.86. The van der Waals surface area contributed by atoms with Crippen LogP contribution in [0.1, 0.15) is 38.3 Å². The van der Waals surface area contributed by atoms with Crippen molar-refractivity contribution in [1.82, 2.24) is 15.2 Å². The second-order valence-electron chi connectivity index (χ2n) is 5.35. The number of nitrogens with zero attached hydrogens (tertiary/aromatic N) is 2. The summed E-state index contributed by atoms with van der Waals surface area (Å²) in [6.07, 6.45) is 7.01. The van der Waals surface area contributed by atoms with E-state index in [1.165, 1.54) is 31.4 Å². The number of hydrogen-bond acceptors (Lipinski definition) is 3. The van der Waals surface area contributed by atoms with Crippen LogP contribution >= 0.6 is 0 Å². The highest BCUT2D eigenvalue weighted by molar-refractivity contribution is 5.03. The van der Waals surface area contributed by atoms with Crippen LogP contribution in [-0.2, 0) is 6.54 Å². The molecule has 1 aromatic heterocycles. The van der Waals surface area contributed by atoms with Gasteiger partial charge in [-0.1, -0.05) is 13.0 Å². The van der Waals surface area contributed by atoms with Crippen LogP contribution in [0, 0.1) is 0 Å². The van der Waals surface area contributed by atoms with Crippen molar-refractivity contribution in [1.29, 1.82) is 0 Å². The van der Waals surface area contributed by atoms with Gasteiger partial charge in [0.2, 0.25) is 0 Å². The van der Waals surface area contributed by atoms with E-state index >= 15 is 0 Å². The van der Waals surface area contributed by atoms with Gasteiger partial charge < -0.3 is 5.32 Å². The molecule has 1 saturated carbocycles. The summed E-state index contributed by atoms with van der Waals surface area (Å²) in [4.78, 5) is 6.86. The van der Waals surface area contributed by atoms with Gasteiger partial charge in [0.15, 0.2) is 0 Å². The lowest BCUT2D eigenvalue weighted by Crippen LogP contribution is -2.33.